The van der Waals surface area contributed by atoms with Crippen molar-refractivity contribution >= 4 is 20.3 Å². The van der Waals surface area contributed by atoms with E-state index in [-0.39, 0.29) is 18.1 Å². The summed E-state index contributed by atoms with van der Waals surface area (Å²) in [6, 6.07) is 9.34. The molecule has 26 heavy (non-hydrogen) atoms. The summed E-state index contributed by atoms with van der Waals surface area (Å²) < 4.78 is 11.3. The summed E-state index contributed by atoms with van der Waals surface area (Å²) in [4.78, 5) is 23.4. The van der Waals surface area contributed by atoms with Crippen LogP contribution in [0.15, 0.2) is 30.3 Å². The van der Waals surface area contributed by atoms with E-state index in [9.17, 15) is 14.7 Å². The number of carboxylic acid groups (broad SMARTS) is 1. The van der Waals surface area contributed by atoms with Crippen LogP contribution in [0.5, 0.6) is 0 Å². The molecule has 0 saturated carbocycles. The molecule has 6 heteroatoms. The van der Waals surface area contributed by atoms with Crippen LogP contribution >= 0.6 is 0 Å². The average Bonchev–Trinajstić information content (AvgIpc) is 2.55. The highest BCUT2D eigenvalue weighted by atomic mass is 28.4. The first-order valence-electron chi connectivity index (χ1n) is 9.09. The van der Waals surface area contributed by atoms with Crippen LogP contribution in [0.4, 0.5) is 0 Å². The third kappa shape index (κ3) is 7.70. The highest BCUT2D eigenvalue weighted by Gasteiger charge is 2.37. The number of carboxylic acids is 1. The van der Waals surface area contributed by atoms with E-state index >= 15 is 0 Å². The van der Waals surface area contributed by atoms with Crippen LogP contribution in [0.2, 0.25) is 18.1 Å². The number of hydrogen-bond donors (Lipinski definition) is 1. The van der Waals surface area contributed by atoms with Gasteiger partial charge in [-0.25, -0.2) is 0 Å². The van der Waals surface area contributed by atoms with Crippen LogP contribution in [-0.4, -0.2) is 32.0 Å². The van der Waals surface area contributed by atoms with Gasteiger partial charge in [-0.15, -0.1) is 0 Å². The minimum absolute atomic E-state index is 0.109. The molecule has 146 valence electrons. The number of hydrogen-bond acceptors (Lipinski definition) is 4. The Hall–Kier alpha value is -1.66. The average molecular weight is 381 g/mol. The quantitative estimate of drug-likeness (QED) is 0.364. The summed E-state index contributed by atoms with van der Waals surface area (Å²) in [5.74, 6) is -2.18. The lowest BCUT2D eigenvalue weighted by Crippen LogP contribution is -2.41. The number of ether oxygens (including phenoxy) is 1. The maximum atomic E-state index is 11.9. The number of rotatable bonds is 10. The largest absolute Gasteiger partial charge is 0.481 e. The second-order valence-corrected chi connectivity index (χ2v) is 12.9. The summed E-state index contributed by atoms with van der Waals surface area (Å²) >= 11 is 0. The lowest BCUT2D eigenvalue weighted by molar-refractivity contribution is -0.152. The highest BCUT2D eigenvalue weighted by molar-refractivity contribution is 6.74. The third-order valence-corrected chi connectivity index (χ3v) is 9.51. The summed E-state index contributed by atoms with van der Waals surface area (Å²) in [6.45, 7) is 11.5. The molecule has 1 aromatic carbocycles. The molecule has 0 amide bonds. The fraction of sp³-hybridized carbons (Fsp3) is 0.600. The normalized spacial score (nSPS) is 13.3. The first kappa shape index (κ1) is 22.4. The van der Waals surface area contributed by atoms with Crippen molar-refractivity contribution in [1.29, 1.82) is 0 Å². The molecule has 1 rings (SSSR count). The van der Waals surface area contributed by atoms with Crippen molar-refractivity contribution in [2.75, 3.05) is 6.61 Å². The molecule has 0 heterocycles. The Labute approximate surface area is 157 Å². The molecule has 0 aliphatic carbocycles. The molecule has 1 atom stereocenters. The van der Waals surface area contributed by atoms with Crippen LogP contribution in [0.25, 0.3) is 0 Å². The van der Waals surface area contributed by atoms with E-state index in [1.807, 2.05) is 30.3 Å². The molecule has 0 radical (unpaired) electrons. The van der Waals surface area contributed by atoms with E-state index in [1.54, 1.807) is 0 Å². The van der Waals surface area contributed by atoms with E-state index in [1.165, 1.54) is 0 Å². The Morgan fingerprint density at radius 2 is 1.77 bits per heavy atom. The van der Waals surface area contributed by atoms with Gasteiger partial charge in [-0.3, -0.25) is 9.59 Å². The summed E-state index contributed by atoms with van der Waals surface area (Å²) in [5.41, 5.74) is 0.885. The van der Waals surface area contributed by atoms with Crippen molar-refractivity contribution < 1.29 is 23.9 Å². The Kier molecular flexibility index (Phi) is 8.50. The number of carbonyl (C=O) groups excluding carboxylic acids is 1. The molecule has 1 aromatic rings. The number of benzene rings is 1. The van der Waals surface area contributed by atoms with Crippen LogP contribution in [0.1, 0.15) is 45.6 Å². The molecule has 0 aliphatic heterocycles. The SMILES string of the molecule is CC(C)(C)[Si](C)(C)OCCC[C@H](CC(=O)OCc1ccccc1)C(=O)O. The van der Waals surface area contributed by atoms with E-state index in [0.717, 1.165) is 5.56 Å². The number of esters is 1. The third-order valence-electron chi connectivity index (χ3n) is 4.97. The number of aliphatic carboxylic acids is 1. The van der Waals surface area contributed by atoms with Gasteiger partial charge < -0.3 is 14.3 Å². The fourth-order valence-corrected chi connectivity index (χ4v) is 3.27. The van der Waals surface area contributed by atoms with Gasteiger partial charge in [-0.2, -0.15) is 0 Å². The maximum absolute atomic E-state index is 11.9. The van der Waals surface area contributed by atoms with Gasteiger partial charge in [0.25, 0.3) is 0 Å². The Bertz CT molecular complexity index is 578. The second-order valence-electron chi connectivity index (χ2n) is 8.14. The smallest absolute Gasteiger partial charge is 0.307 e. The van der Waals surface area contributed by atoms with E-state index < -0.39 is 26.2 Å². The minimum Gasteiger partial charge on any atom is -0.481 e. The number of carbonyl (C=O) groups is 2. The highest BCUT2D eigenvalue weighted by Crippen LogP contribution is 2.36. The first-order chi connectivity index (χ1) is 12.0. The van der Waals surface area contributed by atoms with Crippen LogP contribution in [-0.2, 0) is 25.4 Å². The molecular weight excluding hydrogens is 348 g/mol. The van der Waals surface area contributed by atoms with Crippen molar-refractivity contribution in [2.45, 2.75) is 64.8 Å². The van der Waals surface area contributed by atoms with Crippen molar-refractivity contribution in [3.8, 4) is 0 Å². The van der Waals surface area contributed by atoms with E-state index in [0.29, 0.717) is 19.4 Å². The van der Waals surface area contributed by atoms with Crippen LogP contribution in [0, 0.1) is 5.92 Å². The monoisotopic (exact) mass is 380 g/mol. The molecular formula is C20H32O5Si. The minimum atomic E-state index is -1.83. The van der Waals surface area contributed by atoms with Gasteiger partial charge in [-0.05, 0) is 36.5 Å². The van der Waals surface area contributed by atoms with Gasteiger partial charge in [-0.1, -0.05) is 51.1 Å². The van der Waals surface area contributed by atoms with Gasteiger partial charge in [0.15, 0.2) is 8.32 Å². The van der Waals surface area contributed by atoms with Crippen LogP contribution < -0.4 is 0 Å². The molecule has 1 N–H and O–H groups in total. The van der Waals surface area contributed by atoms with Gasteiger partial charge in [0.05, 0.1) is 12.3 Å². The predicted molar refractivity (Wildman–Crippen MR) is 104 cm³/mol. The lowest BCUT2D eigenvalue weighted by Gasteiger charge is -2.36. The van der Waals surface area contributed by atoms with Gasteiger partial charge in [0.2, 0.25) is 0 Å². The maximum Gasteiger partial charge on any atom is 0.307 e. The van der Waals surface area contributed by atoms with Crippen molar-refractivity contribution in [3.63, 3.8) is 0 Å². The summed E-state index contributed by atoms with van der Waals surface area (Å²) in [7, 11) is -1.83. The lowest BCUT2D eigenvalue weighted by atomic mass is 10.00. The molecule has 5 nitrogen and oxygen atoms in total. The standard InChI is InChI=1S/C20H32O5Si/c1-20(2,3)26(4,5)25-13-9-12-17(19(22)23)14-18(21)24-15-16-10-7-6-8-11-16/h6-8,10-11,17H,9,12-15H2,1-5H3,(H,22,23)/t17-/m1/s1. The summed E-state index contributed by atoms with van der Waals surface area (Å²) in [5, 5.41) is 9.48. The van der Waals surface area contributed by atoms with Gasteiger partial charge >= 0.3 is 11.9 Å². The molecule has 0 saturated heterocycles. The Balaban J connectivity index is 2.39. The molecule has 0 aliphatic rings. The fourth-order valence-electron chi connectivity index (χ4n) is 2.18. The van der Waals surface area contributed by atoms with Crippen molar-refractivity contribution in [2.24, 2.45) is 5.92 Å². The second kappa shape index (κ2) is 9.88. The molecule has 0 aromatic heterocycles. The predicted octanol–water partition coefficient (Wildman–Crippen LogP) is 4.62. The molecule has 0 unspecified atom stereocenters. The summed E-state index contributed by atoms with van der Waals surface area (Å²) in [6.07, 6.45) is 0.919. The Morgan fingerprint density at radius 3 is 2.31 bits per heavy atom. The zero-order valence-corrected chi connectivity index (χ0v) is 17.6. The zero-order chi connectivity index (χ0) is 19.8. The van der Waals surface area contributed by atoms with Crippen LogP contribution in [0.3, 0.4) is 0 Å². The molecule has 0 bridgehead atoms. The van der Waals surface area contributed by atoms with Crippen molar-refractivity contribution in [1.82, 2.24) is 0 Å². The topological polar surface area (TPSA) is 72.8 Å². The van der Waals surface area contributed by atoms with E-state index in [2.05, 4.69) is 33.9 Å². The van der Waals surface area contributed by atoms with Gasteiger partial charge in [0, 0.05) is 6.61 Å². The molecule has 0 spiro atoms. The first-order valence-corrected chi connectivity index (χ1v) is 12.0. The molecule has 0 fully saturated rings. The van der Waals surface area contributed by atoms with Crippen molar-refractivity contribution in [3.05, 3.63) is 35.9 Å². The Morgan fingerprint density at radius 1 is 1.15 bits per heavy atom. The van der Waals surface area contributed by atoms with Gasteiger partial charge in [0.1, 0.15) is 6.61 Å². The van der Waals surface area contributed by atoms with E-state index in [4.69, 9.17) is 9.16 Å². The zero-order valence-electron chi connectivity index (χ0n) is 16.6.